The van der Waals surface area contributed by atoms with Gasteiger partial charge in [-0.25, -0.2) is 4.39 Å². The van der Waals surface area contributed by atoms with Gasteiger partial charge in [0.25, 0.3) is 0 Å². The molecule has 3 aromatic heterocycles. The molecule has 1 aliphatic rings. The van der Waals surface area contributed by atoms with Crippen LogP contribution in [0.5, 0.6) is 0 Å². The summed E-state index contributed by atoms with van der Waals surface area (Å²) in [6, 6.07) is 26.5. The van der Waals surface area contributed by atoms with Crippen LogP contribution in [-0.4, -0.2) is 20.7 Å². The molecule has 0 atom stereocenters. The minimum atomic E-state index is -4.30. The Bertz CT molecular complexity index is 2860. The lowest BCUT2D eigenvalue weighted by molar-refractivity contribution is -0.137. The quantitative estimate of drug-likeness (QED) is 0.114. The number of halogens is 4. The lowest BCUT2D eigenvalue weighted by Crippen LogP contribution is -2.19. The maximum atomic E-state index is 12.9. The maximum Gasteiger partial charge on any atom is 0.416 e. The summed E-state index contributed by atoms with van der Waals surface area (Å²) >= 11 is 0. The molecular weight excluding hydrogens is 787 g/mol. The molecule has 0 amide bonds. The van der Waals surface area contributed by atoms with Crippen molar-refractivity contribution in [2.75, 3.05) is 28.6 Å². The van der Waals surface area contributed by atoms with Gasteiger partial charge in [0.1, 0.15) is 5.82 Å². The van der Waals surface area contributed by atoms with Gasteiger partial charge in [-0.15, -0.1) is 0 Å². The smallest absolute Gasteiger partial charge is 0.398 e. The first kappa shape index (κ1) is 43.3. The molecule has 320 valence electrons. The van der Waals surface area contributed by atoms with E-state index in [1.165, 1.54) is 63.1 Å². The van der Waals surface area contributed by atoms with Crippen LogP contribution >= 0.6 is 0 Å². The van der Waals surface area contributed by atoms with Crippen molar-refractivity contribution in [3.63, 3.8) is 0 Å². The minimum Gasteiger partial charge on any atom is -0.398 e. The minimum absolute atomic E-state index is 0.203. The molecule has 0 unspecified atom stereocenters. The van der Waals surface area contributed by atoms with Gasteiger partial charge in [-0.3, -0.25) is 4.98 Å². The Balaban J connectivity index is 0.000000141. The molecule has 9 rings (SSSR count). The highest BCUT2D eigenvalue weighted by molar-refractivity contribution is 5.90. The third-order valence-electron chi connectivity index (χ3n) is 12.1. The van der Waals surface area contributed by atoms with Crippen LogP contribution in [0.1, 0.15) is 61.2 Å². The topological polar surface area (TPSA) is 104 Å². The SMILES string of the molecule is Cc1cc2c(c(C)c1N)CCN2Cc1cccnc1.Cc1cc2c(ccn2Cc2ccc(C(F)(F)F)cc2)c(C)c1N.Cc1cc2c(ccn2Cc2ccc(F)cc2)c(C)c1N. The second-order valence-electron chi connectivity index (χ2n) is 16.3. The van der Waals surface area contributed by atoms with Crippen LogP contribution in [0.15, 0.2) is 116 Å². The molecule has 0 aliphatic carbocycles. The van der Waals surface area contributed by atoms with Crippen LogP contribution in [0.3, 0.4) is 0 Å². The summed E-state index contributed by atoms with van der Waals surface area (Å²) in [5.74, 6) is -0.203. The van der Waals surface area contributed by atoms with Gasteiger partial charge in [-0.2, -0.15) is 13.2 Å². The Labute approximate surface area is 360 Å². The van der Waals surface area contributed by atoms with Crippen molar-refractivity contribution in [1.82, 2.24) is 14.1 Å². The van der Waals surface area contributed by atoms with Crippen LogP contribution in [0.2, 0.25) is 0 Å². The number of rotatable bonds is 6. The number of hydrogen-bond donors (Lipinski definition) is 3. The van der Waals surface area contributed by atoms with E-state index in [0.717, 1.165) is 99.5 Å². The van der Waals surface area contributed by atoms with E-state index in [2.05, 4.69) is 58.8 Å². The first-order valence-corrected chi connectivity index (χ1v) is 20.6. The Morgan fingerprint density at radius 3 is 1.60 bits per heavy atom. The summed E-state index contributed by atoms with van der Waals surface area (Å²) in [6.45, 7) is 15.5. The molecule has 11 heteroatoms. The molecule has 8 aromatic rings. The third kappa shape index (κ3) is 9.12. The fourth-order valence-electron chi connectivity index (χ4n) is 8.29. The van der Waals surface area contributed by atoms with Gasteiger partial charge in [-0.1, -0.05) is 30.3 Å². The van der Waals surface area contributed by atoms with Crippen LogP contribution in [0, 0.1) is 47.4 Å². The molecule has 6 N–H and O–H groups in total. The Hall–Kier alpha value is -6.75. The second kappa shape index (κ2) is 17.7. The largest absolute Gasteiger partial charge is 0.416 e. The zero-order chi connectivity index (χ0) is 44.5. The van der Waals surface area contributed by atoms with Crippen molar-refractivity contribution in [3.05, 3.63) is 183 Å². The van der Waals surface area contributed by atoms with Crippen LogP contribution in [-0.2, 0) is 32.2 Å². The summed E-state index contributed by atoms with van der Waals surface area (Å²) < 4.78 is 55.0. The monoisotopic (exact) mass is 839 g/mol. The highest BCUT2D eigenvalue weighted by Crippen LogP contribution is 2.37. The van der Waals surface area contributed by atoms with Gasteiger partial charge in [0, 0.05) is 95.5 Å². The van der Waals surface area contributed by atoms with Gasteiger partial charge in [0.05, 0.1) is 5.56 Å². The van der Waals surface area contributed by atoms with E-state index < -0.39 is 11.7 Å². The van der Waals surface area contributed by atoms with E-state index in [1.54, 1.807) is 0 Å². The van der Waals surface area contributed by atoms with Crippen molar-refractivity contribution in [2.45, 2.75) is 73.8 Å². The van der Waals surface area contributed by atoms with Gasteiger partial charge >= 0.3 is 6.18 Å². The molecule has 0 saturated heterocycles. The molecule has 0 radical (unpaired) electrons. The van der Waals surface area contributed by atoms with Crippen LogP contribution in [0.25, 0.3) is 21.8 Å². The van der Waals surface area contributed by atoms with Crippen molar-refractivity contribution in [2.24, 2.45) is 0 Å². The number of anilines is 4. The summed E-state index contributed by atoms with van der Waals surface area (Å²) in [6.07, 6.45) is 4.54. The van der Waals surface area contributed by atoms with Crippen molar-refractivity contribution < 1.29 is 17.6 Å². The molecule has 0 saturated carbocycles. The van der Waals surface area contributed by atoms with Gasteiger partial charge in [-0.05, 0) is 164 Å². The third-order valence-corrected chi connectivity index (χ3v) is 12.1. The van der Waals surface area contributed by atoms with E-state index in [1.807, 2.05) is 81.2 Å². The maximum absolute atomic E-state index is 12.9. The average molecular weight is 840 g/mol. The Morgan fingerprint density at radius 1 is 0.597 bits per heavy atom. The first-order chi connectivity index (χ1) is 29.5. The normalized spacial score (nSPS) is 12.3. The van der Waals surface area contributed by atoms with Crippen LogP contribution < -0.4 is 22.1 Å². The van der Waals surface area contributed by atoms with Crippen LogP contribution in [0.4, 0.5) is 40.3 Å². The molecule has 7 nitrogen and oxygen atoms in total. The number of nitrogens with two attached hydrogens (primary N) is 3. The van der Waals surface area contributed by atoms with E-state index in [9.17, 15) is 17.6 Å². The first-order valence-electron chi connectivity index (χ1n) is 20.6. The molecule has 4 heterocycles. The Morgan fingerprint density at radius 2 is 1.10 bits per heavy atom. The number of aromatic nitrogens is 3. The molecule has 62 heavy (non-hydrogen) atoms. The molecular formula is C51H53F4N7. The molecule has 1 aliphatic heterocycles. The van der Waals surface area contributed by atoms with Gasteiger partial charge < -0.3 is 31.2 Å². The number of benzene rings is 5. The highest BCUT2D eigenvalue weighted by atomic mass is 19.4. The number of hydrogen-bond acceptors (Lipinski definition) is 5. The molecule has 0 fully saturated rings. The number of nitrogen functional groups attached to an aromatic ring is 3. The number of alkyl halides is 3. The molecule has 0 spiro atoms. The summed E-state index contributed by atoms with van der Waals surface area (Å²) in [7, 11) is 0. The zero-order valence-corrected chi connectivity index (χ0v) is 36.0. The Kier molecular flexibility index (Phi) is 12.4. The number of nitrogens with zero attached hydrogens (tertiary/aromatic N) is 4. The average Bonchev–Trinajstić information content (AvgIpc) is 3.97. The van der Waals surface area contributed by atoms with Crippen molar-refractivity contribution in [1.29, 1.82) is 0 Å². The highest BCUT2D eigenvalue weighted by Gasteiger charge is 2.30. The predicted molar refractivity (Wildman–Crippen MR) is 247 cm³/mol. The van der Waals surface area contributed by atoms with E-state index in [4.69, 9.17) is 17.2 Å². The summed E-state index contributed by atoms with van der Waals surface area (Å²) in [5.41, 5.74) is 35.0. The number of pyridine rings is 1. The number of aryl methyl sites for hydroxylation is 5. The van der Waals surface area contributed by atoms with Gasteiger partial charge in [0.2, 0.25) is 0 Å². The summed E-state index contributed by atoms with van der Waals surface area (Å²) in [5, 5.41) is 2.25. The van der Waals surface area contributed by atoms with E-state index in [-0.39, 0.29) is 5.82 Å². The van der Waals surface area contributed by atoms with E-state index in [0.29, 0.717) is 6.54 Å². The van der Waals surface area contributed by atoms with Crippen molar-refractivity contribution in [3.8, 4) is 0 Å². The summed E-state index contributed by atoms with van der Waals surface area (Å²) in [4.78, 5) is 6.61. The van der Waals surface area contributed by atoms with E-state index >= 15 is 0 Å². The second-order valence-corrected chi connectivity index (χ2v) is 16.3. The number of fused-ring (bicyclic) bond motifs is 3. The lowest BCUT2D eigenvalue weighted by Gasteiger charge is -2.21. The molecule has 0 bridgehead atoms. The van der Waals surface area contributed by atoms with Crippen molar-refractivity contribution >= 4 is 44.6 Å². The standard InChI is InChI=1S/C18H17F3N2.C17H17FN2.C16H19N3/c1-11-9-16-15(12(2)17(11)22)7-8-23(16)10-13-3-5-14(6-4-13)18(19,20)21;1-11-9-16-15(12(2)17(11)19)7-8-20(16)10-13-3-5-14(18)6-4-13;1-11-8-15-14(12(2)16(11)17)5-7-19(15)10-13-4-3-6-18-9-13/h3-9H,10,22H2,1-2H3;3-9H,10,19H2,1-2H3;3-4,6,8-9H,5,7,10,17H2,1-2H3. The fourth-order valence-corrected chi connectivity index (χ4v) is 8.29. The lowest BCUT2D eigenvalue weighted by atomic mass is 10.0. The fraction of sp³-hybridized carbons (Fsp3) is 0.235. The van der Waals surface area contributed by atoms with Gasteiger partial charge in [0.15, 0.2) is 0 Å². The predicted octanol–water partition coefficient (Wildman–Crippen LogP) is 11.8. The molecule has 5 aromatic carbocycles. The zero-order valence-electron chi connectivity index (χ0n) is 36.0.